The largest absolute Gasteiger partial charge is 0.361 e. The summed E-state index contributed by atoms with van der Waals surface area (Å²) in [6.45, 7) is 1.55. The molecule has 0 bridgehead atoms. The lowest BCUT2D eigenvalue weighted by molar-refractivity contribution is -0.115. The van der Waals surface area contributed by atoms with Crippen LogP contribution in [0.1, 0.15) is 22.8 Å². The van der Waals surface area contributed by atoms with Crippen molar-refractivity contribution < 1.29 is 9.59 Å². The van der Waals surface area contributed by atoms with E-state index in [4.69, 9.17) is 0 Å². The predicted octanol–water partition coefficient (Wildman–Crippen LogP) is 5.30. The van der Waals surface area contributed by atoms with E-state index in [0.717, 1.165) is 33.5 Å². The standard InChI is InChI=1S/C24H21N3O2/c1-16(28)17-6-8-19(9-7-17)26-20-10-12-21(13-11-20)27-24(29)14-18-15-25-23-5-3-2-4-22(18)23/h2-13,15,25-26H,14H2,1H3,(H,27,29). The predicted molar refractivity (Wildman–Crippen MR) is 117 cm³/mol. The number of rotatable bonds is 6. The molecule has 4 aromatic rings. The summed E-state index contributed by atoms with van der Waals surface area (Å²) in [5.41, 5.74) is 5.23. The summed E-state index contributed by atoms with van der Waals surface area (Å²) in [6, 6.07) is 22.8. The van der Waals surface area contributed by atoms with E-state index in [-0.39, 0.29) is 11.7 Å². The van der Waals surface area contributed by atoms with Crippen molar-refractivity contribution in [3.05, 3.63) is 90.1 Å². The van der Waals surface area contributed by atoms with Gasteiger partial charge in [0, 0.05) is 39.7 Å². The Morgan fingerprint density at radius 3 is 2.14 bits per heavy atom. The number of aromatic amines is 1. The first kappa shape index (κ1) is 18.5. The molecule has 0 atom stereocenters. The van der Waals surface area contributed by atoms with Gasteiger partial charge >= 0.3 is 0 Å². The van der Waals surface area contributed by atoms with Crippen LogP contribution < -0.4 is 10.6 Å². The van der Waals surface area contributed by atoms with Crippen molar-refractivity contribution in [3.63, 3.8) is 0 Å². The number of ketones is 1. The van der Waals surface area contributed by atoms with Crippen LogP contribution in [-0.4, -0.2) is 16.7 Å². The van der Waals surface area contributed by atoms with Gasteiger partial charge in [-0.15, -0.1) is 0 Å². The maximum atomic E-state index is 12.4. The summed E-state index contributed by atoms with van der Waals surface area (Å²) in [6.07, 6.45) is 2.20. The maximum absolute atomic E-state index is 12.4. The fourth-order valence-corrected chi connectivity index (χ4v) is 3.25. The van der Waals surface area contributed by atoms with Crippen LogP contribution in [-0.2, 0) is 11.2 Å². The molecule has 4 rings (SSSR count). The van der Waals surface area contributed by atoms with Crippen LogP contribution in [0.5, 0.6) is 0 Å². The first-order valence-corrected chi connectivity index (χ1v) is 9.41. The van der Waals surface area contributed by atoms with Crippen molar-refractivity contribution in [3.8, 4) is 0 Å². The molecular weight excluding hydrogens is 362 g/mol. The molecule has 1 amide bonds. The minimum absolute atomic E-state index is 0.0456. The van der Waals surface area contributed by atoms with Crippen molar-refractivity contribution in [2.45, 2.75) is 13.3 Å². The Kier molecular flexibility index (Phi) is 5.12. The Labute approximate surface area is 168 Å². The zero-order valence-corrected chi connectivity index (χ0v) is 16.0. The average Bonchev–Trinajstić information content (AvgIpc) is 3.13. The summed E-state index contributed by atoms with van der Waals surface area (Å²) >= 11 is 0. The van der Waals surface area contributed by atoms with Crippen LogP contribution in [0.15, 0.2) is 79.0 Å². The number of carbonyl (C=O) groups is 2. The van der Waals surface area contributed by atoms with Gasteiger partial charge in [-0.25, -0.2) is 0 Å². The molecule has 5 nitrogen and oxygen atoms in total. The van der Waals surface area contributed by atoms with E-state index in [1.165, 1.54) is 0 Å². The topological polar surface area (TPSA) is 74.0 Å². The van der Waals surface area contributed by atoms with E-state index in [1.54, 1.807) is 19.1 Å². The normalized spacial score (nSPS) is 10.7. The summed E-state index contributed by atoms with van der Waals surface area (Å²) < 4.78 is 0. The summed E-state index contributed by atoms with van der Waals surface area (Å²) in [5.74, 6) is -0.0143. The van der Waals surface area contributed by atoms with E-state index in [9.17, 15) is 9.59 Å². The van der Waals surface area contributed by atoms with Gasteiger partial charge < -0.3 is 15.6 Å². The number of carbonyl (C=O) groups excluding carboxylic acids is 2. The Hall–Kier alpha value is -3.86. The van der Waals surface area contributed by atoms with Gasteiger partial charge in [-0.1, -0.05) is 18.2 Å². The Morgan fingerprint density at radius 1 is 0.828 bits per heavy atom. The van der Waals surface area contributed by atoms with Crippen molar-refractivity contribution in [2.75, 3.05) is 10.6 Å². The van der Waals surface area contributed by atoms with Crippen molar-refractivity contribution >= 4 is 39.7 Å². The highest BCUT2D eigenvalue weighted by atomic mass is 16.1. The minimum atomic E-state index is -0.0599. The summed E-state index contributed by atoms with van der Waals surface area (Å²) in [4.78, 5) is 27.0. The van der Waals surface area contributed by atoms with Crippen LogP contribution >= 0.6 is 0 Å². The number of anilines is 3. The Balaban J connectivity index is 1.37. The highest BCUT2D eigenvalue weighted by molar-refractivity contribution is 5.96. The average molecular weight is 383 g/mol. The second kappa shape index (κ2) is 8.02. The van der Waals surface area contributed by atoms with E-state index in [0.29, 0.717) is 12.0 Å². The number of hydrogen-bond acceptors (Lipinski definition) is 3. The number of fused-ring (bicyclic) bond motifs is 1. The first-order valence-electron chi connectivity index (χ1n) is 9.41. The Morgan fingerprint density at radius 2 is 1.45 bits per heavy atom. The number of aromatic nitrogens is 1. The van der Waals surface area contributed by atoms with Crippen molar-refractivity contribution in [1.82, 2.24) is 4.98 Å². The van der Waals surface area contributed by atoms with Crippen LogP contribution in [0.4, 0.5) is 17.1 Å². The molecule has 3 aromatic carbocycles. The number of H-pyrrole nitrogens is 1. The molecule has 0 unspecified atom stereocenters. The minimum Gasteiger partial charge on any atom is -0.361 e. The lowest BCUT2D eigenvalue weighted by Gasteiger charge is -2.09. The molecule has 1 heterocycles. The molecule has 29 heavy (non-hydrogen) atoms. The molecule has 0 spiro atoms. The van der Waals surface area contributed by atoms with Gasteiger partial charge in [0.25, 0.3) is 0 Å². The number of para-hydroxylation sites is 1. The molecule has 0 saturated heterocycles. The maximum Gasteiger partial charge on any atom is 0.228 e. The smallest absolute Gasteiger partial charge is 0.228 e. The van der Waals surface area contributed by atoms with E-state index < -0.39 is 0 Å². The highest BCUT2D eigenvalue weighted by Gasteiger charge is 2.09. The van der Waals surface area contributed by atoms with Crippen LogP contribution in [0.2, 0.25) is 0 Å². The van der Waals surface area contributed by atoms with Crippen LogP contribution in [0.25, 0.3) is 10.9 Å². The summed E-state index contributed by atoms with van der Waals surface area (Å²) in [5, 5.41) is 7.28. The fourth-order valence-electron chi connectivity index (χ4n) is 3.25. The van der Waals surface area contributed by atoms with Gasteiger partial charge in [0.1, 0.15) is 0 Å². The van der Waals surface area contributed by atoms with Crippen LogP contribution in [0, 0.1) is 0 Å². The van der Waals surface area contributed by atoms with E-state index in [1.807, 2.05) is 66.9 Å². The molecule has 3 N–H and O–H groups in total. The zero-order chi connectivity index (χ0) is 20.2. The number of Topliss-reactive ketones (excluding diaryl/α,β-unsaturated/α-hetero) is 1. The first-order chi connectivity index (χ1) is 14.1. The Bertz CT molecular complexity index is 1160. The fraction of sp³-hybridized carbons (Fsp3) is 0.0833. The third-order valence-electron chi connectivity index (χ3n) is 4.77. The molecule has 1 aromatic heterocycles. The van der Waals surface area contributed by atoms with Crippen LogP contribution in [0.3, 0.4) is 0 Å². The zero-order valence-electron chi connectivity index (χ0n) is 16.0. The number of amides is 1. The molecule has 0 aliphatic heterocycles. The molecule has 0 saturated carbocycles. The van der Waals surface area contributed by atoms with E-state index >= 15 is 0 Å². The monoisotopic (exact) mass is 383 g/mol. The van der Waals surface area contributed by atoms with Crippen molar-refractivity contribution in [1.29, 1.82) is 0 Å². The molecule has 144 valence electrons. The third kappa shape index (κ3) is 4.35. The van der Waals surface area contributed by atoms with Gasteiger partial charge in [-0.2, -0.15) is 0 Å². The van der Waals surface area contributed by atoms with Gasteiger partial charge in [0.15, 0.2) is 5.78 Å². The SMILES string of the molecule is CC(=O)c1ccc(Nc2ccc(NC(=O)Cc3c[nH]c4ccccc34)cc2)cc1. The summed E-state index contributed by atoms with van der Waals surface area (Å²) in [7, 11) is 0. The molecular formula is C24H21N3O2. The van der Waals surface area contributed by atoms with Gasteiger partial charge in [0.05, 0.1) is 6.42 Å². The molecule has 0 fully saturated rings. The number of hydrogen-bond donors (Lipinski definition) is 3. The van der Waals surface area contributed by atoms with Gasteiger partial charge in [0.2, 0.25) is 5.91 Å². The molecule has 0 aliphatic rings. The number of benzene rings is 3. The highest BCUT2D eigenvalue weighted by Crippen LogP contribution is 2.21. The lowest BCUT2D eigenvalue weighted by atomic mass is 10.1. The van der Waals surface area contributed by atoms with Gasteiger partial charge in [-0.05, 0) is 67.1 Å². The molecule has 5 heteroatoms. The number of nitrogens with one attached hydrogen (secondary N) is 3. The van der Waals surface area contributed by atoms with Gasteiger partial charge in [-0.3, -0.25) is 9.59 Å². The second-order valence-electron chi connectivity index (χ2n) is 6.92. The molecule has 0 aliphatic carbocycles. The third-order valence-corrected chi connectivity index (χ3v) is 4.77. The van der Waals surface area contributed by atoms with Crippen molar-refractivity contribution in [2.24, 2.45) is 0 Å². The van der Waals surface area contributed by atoms with E-state index in [2.05, 4.69) is 15.6 Å². The molecule has 0 radical (unpaired) electrons. The second-order valence-corrected chi connectivity index (χ2v) is 6.92. The lowest BCUT2D eigenvalue weighted by Crippen LogP contribution is -2.14. The quantitative estimate of drug-likeness (QED) is 0.396.